The summed E-state index contributed by atoms with van der Waals surface area (Å²) in [6.07, 6.45) is -5.28. The van der Waals surface area contributed by atoms with Crippen LogP contribution in [0.2, 0.25) is 0 Å². The molecule has 0 bridgehead atoms. The molecule has 1 aromatic rings. The summed E-state index contributed by atoms with van der Waals surface area (Å²) in [5.41, 5.74) is 2.37. The van der Waals surface area contributed by atoms with Crippen LogP contribution in [0.1, 0.15) is 12.5 Å². The van der Waals surface area contributed by atoms with Crippen molar-refractivity contribution in [3.05, 3.63) is 35.6 Å². The molecule has 17 heavy (non-hydrogen) atoms. The van der Waals surface area contributed by atoms with Gasteiger partial charge in [0.2, 0.25) is 0 Å². The minimum atomic E-state index is -4.80. The van der Waals surface area contributed by atoms with Crippen LogP contribution in [-0.2, 0) is 11.2 Å². The number of alkyl halides is 3. The molecule has 0 heterocycles. The van der Waals surface area contributed by atoms with Gasteiger partial charge in [0.1, 0.15) is 5.82 Å². The Kier molecular flexibility index (Phi) is 3.56. The van der Waals surface area contributed by atoms with E-state index in [9.17, 15) is 22.4 Å². The summed E-state index contributed by atoms with van der Waals surface area (Å²) in [4.78, 5) is 11.4. The maximum absolute atomic E-state index is 12.6. The third-order valence-corrected chi connectivity index (χ3v) is 2.45. The standard InChI is InChI=1S/C11H11F4NO/c1-10(16,11(13,14)15)9(17)6-7-2-4-8(12)5-3-7/h2-5H,6,16H2,1H3. The van der Waals surface area contributed by atoms with Crippen LogP contribution in [0, 0.1) is 5.82 Å². The van der Waals surface area contributed by atoms with Crippen LogP contribution in [0.3, 0.4) is 0 Å². The molecule has 0 saturated carbocycles. The number of hydrogen-bond donors (Lipinski definition) is 1. The van der Waals surface area contributed by atoms with E-state index >= 15 is 0 Å². The minimum Gasteiger partial charge on any atom is -0.312 e. The van der Waals surface area contributed by atoms with Gasteiger partial charge in [-0.2, -0.15) is 13.2 Å². The number of carbonyl (C=O) groups is 1. The normalized spacial score (nSPS) is 15.4. The van der Waals surface area contributed by atoms with E-state index in [0.29, 0.717) is 6.92 Å². The van der Waals surface area contributed by atoms with Gasteiger partial charge in [-0.15, -0.1) is 0 Å². The summed E-state index contributed by atoms with van der Waals surface area (Å²) in [6, 6.07) is 4.65. The fourth-order valence-electron chi connectivity index (χ4n) is 1.13. The molecule has 1 atom stereocenters. The lowest BCUT2D eigenvalue weighted by molar-refractivity contribution is -0.185. The molecule has 94 valence electrons. The summed E-state index contributed by atoms with van der Waals surface area (Å²) in [5.74, 6) is -1.68. The predicted octanol–water partition coefficient (Wildman–Crippen LogP) is 2.22. The Labute approximate surface area is 95.4 Å². The number of nitrogens with two attached hydrogens (primary N) is 1. The number of rotatable bonds is 3. The van der Waals surface area contributed by atoms with Crippen LogP contribution in [0.15, 0.2) is 24.3 Å². The van der Waals surface area contributed by atoms with Crippen molar-refractivity contribution in [3.8, 4) is 0 Å². The van der Waals surface area contributed by atoms with Crippen molar-refractivity contribution in [2.24, 2.45) is 5.73 Å². The molecular formula is C11H11F4NO. The lowest BCUT2D eigenvalue weighted by atomic mass is 9.92. The van der Waals surface area contributed by atoms with Crippen LogP contribution in [0.5, 0.6) is 0 Å². The first kappa shape index (κ1) is 13.6. The van der Waals surface area contributed by atoms with Gasteiger partial charge < -0.3 is 5.73 Å². The van der Waals surface area contributed by atoms with Crippen LogP contribution in [0.25, 0.3) is 0 Å². The second-order valence-corrected chi connectivity index (χ2v) is 3.93. The van der Waals surface area contributed by atoms with Crippen molar-refractivity contribution in [1.82, 2.24) is 0 Å². The smallest absolute Gasteiger partial charge is 0.312 e. The largest absolute Gasteiger partial charge is 0.413 e. The quantitative estimate of drug-likeness (QED) is 0.834. The molecule has 0 aliphatic heterocycles. The Morgan fingerprint density at radius 1 is 1.24 bits per heavy atom. The number of Topliss-reactive ketones (excluding diaryl/α,β-unsaturated/α-hetero) is 1. The van der Waals surface area contributed by atoms with Crippen molar-refractivity contribution in [2.75, 3.05) is 0 Å². The maximum atomic E-state index is 12.6. The third kappa shape index (κ3) is 3.03. The van der Waals surface area contributed by atoms with Crippen molar-refractivity contribution in [1.29, 1.82) is 0 Å². The molecule has 0 aliphatic carbocycles. The minimum absolute atomic E-state index is 0.289. The Bertz CT molecular complexity index is 408. The van der Waals surface area contributed by atoms with Gasteiger partial charge in [0.15, 0.2) is 11.3 Å². The van der Waals surface area contributed by atoms with E-state index in [1.54, 1.807) is 0 Å². The molecule has 0 aliphatic rings. The number of ketones is 1. The second-order valence-electron chi connectivity index (χ2n) is 3.93. The topological polar surface area (TPSA) is 43.1 Å². The fraction of sp³-hybridized carbons (Fsp3) is 0.364. The van der Waals surface area contributed by atoms with E-state index in [1.165, 1.54) is 12.1 Å². The molecule has 1 rings (SSSR count). The highest BCUT2D eigenvalue weighted by Gasteiger charge is 2.53. The van der Waals surface area contributed by atoms with E-state index in [1.807, 2.05) is 0 Å². The molecule has 0 radical (unpaired) electrons. The van der Waals surface area contributed by atoms with Gasteiger partial charge in [-0.05, 0) is 24.6 Å². The number of carbonyl (C=O) groups excluding carboxylic acids is 1. The number of hydrogen-bond acceptors (Lipinski definition) is 2. The summed E-state index contributed by atoms with van der Waals surface area (Å²) < 4.78 is 49.9. The second kappa shape index (κ2) is 4.44. The molecule has 2 N–H and O–H groups in total. The number of benzene rings is 1. The highest BCUT2D eigenvalue weighted by atomic mass is 19.4. The van der Waals surface area contributed by atoms with Gasteiger partial charge in [-0.25, -0.2) is 4.39 Å². The molecule has 0 aromatic heterocycles. The summed E-state index contributed by atoms with van der Waals surface area (Å²) in [7, 11) is 0. The zero-order chi connectivity index (χ0) is 13.3. The molecule has 0 fully saturated rings. The first-order valence-electron chi connectivity index (χ1n) is 4.78. The SMILES string of the molecule is CC(N)(C(=O)Cc1ccc(F)cc1)C(F)(F)F. The molecule has 0 saturated heterocycles. The van der Waals surface area contributed by atoms with E-state index in [-0.39, 0.29) is 5.56 Å². The zero-order valence-electron chi connectivity index (χ0n) is 9.01. The van der Waals surface area contributed by atoms with Gasteiger partial charge in [-0.1, -0.05) is 12.1 Å². The highest BCUT2D eigenvalue weighted by Crippen LogP contribution is 2.29. The van der Waals surface area contributed by atoms with Crippen molar-refractivity contribution in [2.45, 2.75) is 25.1 Å². The maximum Gasteiger partial charge on any atom is 0.413 e. The summed E-state index contributed by atoms with van der Waals surface area (Å²) >= 11 is 0. The monoisotopic (exact) mass is 249 g/mol. The van der Waals surface area contributed by atoms with Gasteiger partial charge in [-0.3, -0.25) is 4.79 Å². The first-order chi connectivity index (χ1) is 7.64. The Morgan fingerprint density at radius 3 is 2.12 bits per heavy atom. The Morgan fingerprint density at radius 2 is 1.71 bits per heavy atom. The van der Waals surface area contributed by atoms with E-state index in [2.05, 4.69) is 0 Å². The average molecular weight is 249 g/mol. The molecule has 1 aromatic carbocycles. The van der Waals surface area contributed by atoms with Crippen molar-refractivity contribution in [3.63, 3.8) is 0 Å². The predicted molar refractivity (Wildman–Crippen MR) is 53.8 cm³/mol. The molecule has 1 unspecified atom stereocenters. The van der Waals surface area contributed by atoms with Crippen molar-refractivity contribution < 1.29 is 22.4 Å². The highest BCUT2D eigenvalue weighted by molar-refractivity contribution is 5.90. The lowest BCUT2D eigenvalue weighted by Gasteiger charge is -2.25. The van der Waals surface area contributed by atoms with Crippen molar-refractivity contribution >= 4 is 5.78 Å². The Hall–Kier alpha value is -1.43. The van der Waals surface area contributed by atoms with E-state index in [0.717, 1.165) is 12.1 Å². The molecule has 0 amide bonds. The van der Waals surface area contributed by atoms with Crippen LogP contribution < -0.4 is 5.73 Å². The van der Waals surface area contributed by atoms with Crippen LogP contribution >= 0.6 is 0 Å². The lowest BCUT2D eigenvalue weighted by Crippen LogP contribution is -2.57. The molecule has 2 nitrogen and oxygen atoms in total. The van der Waals surface area contributed by atoms with E-state index < -0.39 is 29.7 Å². The van der Waals surface area contributed by atoms with Gasteiger partial charge >= 0.3 is 6.18 Å². The fourth-order valence-corrected chi connectivity index (χ4v) is 1.13. The summed E-state index contributed by atoms with van der Waals surface area (Å²) in [5, 5.41) is 0. The van der Waals surface area contributed by atoms with Gasteiger partial charge in [0.25, 0.3) is 0 Å². The molecule has 0 spiro atoms. The van der Waals surface area contributed by atoms with Gasteiger partial charge in [0, 0.05) is 6.42 Å². The van der Waals surface area contributed by atoms with E-state index in [4.69, 9.17) is 5.73 Å². The van der Waals surface area contributed by atoms with Crippen LogP contribution in [-0.4, -0.2) is 17.5 Å². The van der Waals surface area contributed by atoms with Crippen LogP contribution in [0.4, 0.5) is 17.6 Å². The summed E-state index contributed by atoms with van der Waals surface area (Å²) in [6.45, 7) is 0.624. The number of halogens is 4. The average Bonchev–Trinajstić information content (AvgIpc) is 2.19. The molecule has 6 heteroatoms. The molecular weight excluding hydrogens is 238 g/mol. The van der Waals surface area contributed by atoms with Gasteiger partial charge in [0.05, 0.1) is 0 Å². The zero-order valence-corrected chi connectivity index (χ0v) is 9.01. The Balaban J connectivity index is 2.83. The first-order valence-corrected chi connectivity index (χ1v) is 4.78. The third-order valence-electron chi connectivity index (χ3n) is 2.45.